The molecule has 0 aliphatic carbocycles. The summed E-state index contributed by atoms with van der Waals surface area (Å²) in [7, 11) is 0. The second kappa shape index (κ2) is 9.94. The minimum absolute atomic E-state index is 0.541. The van der Waals surface area contributed by atoms with Crippen LogP contribution in [0.5, 0.6) is 0 Å². The third-order valence-corrected chi connectivity index (χ3v) is 5.03. The van der Waals surface area contributed by atoms with E-state index in [1.807, 2.05) is 50.8 Å². The van der Waals surface area contributed by atoms with E-state index < -0.39 is 0 Å². The zero-order chi connectivity index (χ0) is 19.8. The van der Waals surface area contributed by atoms with E-state index in [-0.39, 0.29) is 0 Å². The largest absolute Gasteiger partial charge is 0.305 e. The fourth-order valence-corrected chi connectivity index (χ4v) is 3.88. The van der Waals surface area contributed by atoms with Gasteiger partial charge in [0.1, 0.15) is 5.84 Å². The number of nitrogens with zero attached hydrogens (tertiary/aromatic N) is 3. The maximum Gasteiger partial charge on any atom is 0.166 e. The molecule has 0 amide bonds. The Morgan fingerprint density at radius 1 is 1.07 bits per heavy atom. The van der Waals surface area contributed by atoms with Gasteiger partial charge in [-0.3, -0.25) is 10.4 Å². The molecule has 0 unspecified atom stereocenters. The Morgan fingerprint density at radius 3 is 2.56 bits per heavy atom. The van der Waals surface area contributed by atoms with E-state index in [9.17, 15) is 0 Å². The lowest BCUT2D eigenvalue weighted by atomic mass is 10.0. The van der Waals surface area contributed by atoms with Crippen LogP contribution in [0.15, 0.2) is 52.4 Å². The monoisotopic (exact) mass is 378 g/mol. The average molecular weight is 379 g/mol. The summed E-state index contributed by atoms with van der Waals surface area (Å²) in [6.07, 6.45) is 1.00. The van der Waals surface area contributed by atoms with Crippen molar-refractivity contribution in [3.05, 3.63) is 53.6 Å². The van der Waals surface area contributed by atoms with E-state index in [0.717, 1.165) is 46.9 Å². The lowest BCUT2D eigenvalue weighted by molar-refractivity contribution is 0.552. The van der Waals surface area contributed by atoms with Gasteiger partial charge in [-0.2, -0.15) is 5.26 Å². The summed E-state index contributed by atoms with van der Waals surface area (Å²) in [6.45, 7) is 9.70. The minimum Gasteiger partial charge on any atom is -0.305 e. The molecular weight excluding hydrogens is 352 g/mol. The number of amidine groups is 2. The van der Waals surface area contributed by atoms with E-state index >= 15 is 0 Å². The number of hydrogen-bond donors (Lipinski definition) is 1. The van der Waals surface area contributed by atoms with E-state index in [1.54, 1.807) is 6.07 Å². The zero-order valence-corrected chi connectivity index (χ0v) is 17.2. The van der Waals surface area contributed by atoms with Crippen LogP contribution in [0.4, 0.5) is 0 Å². The number of rotatable bonds is 1. The molecule has 0 spiro atoms. The third-order valence-electron chi connectivity index (χ3n) is 4.06. The summed E-state index contributed by atoms with van der Waals surface area (Å²) in [4.78, 5) is 7.67. The molecule has 1 N–H and O–H groups in total. The molecule has 2 heterocycles. The fraction of sp³-hybridized carbons (Fsp3) is 0.318. The van der Waals surface area contributed by atoms with Crippen LogP contribution in [-0.4, -0.2) is 29.0 Å². The van der Waals surface area contributed by atoms with E-state index in [2.05, 4.69) is 29.3 Å². The molecule has 27 heavy (non-hydrogen) atoms. The van der Waals surface area contributed by atoms with Gasteiger partial charge in [-0.25, -0.2) is 0 Å². The first-order chi connectivity index (χ1) is 13.3. The van der Waals surface area contributed by atoms with E-state index in [0.29, 0.717) is 10.7 Å². The van der Waals surface area contributed by atoms with Crippen molar-refractivity contribution in [2.24, 2.45) is 4.99 Å². The number of hydrogen-bond acceptors (Lipinski definition) is 4. The van der Waals surface area contributed by atoms with Gasteiger partial charge in [-0.15, -0.1) is 0 Å². The first-order valence-electron chi connectivity index (χ1n) is 9.49. The minimum atomic E-state index is 0.541. The van der Waals surface area contributed by atoms with Crippen molar-refractivity contribution in [1.29, 1.82) is 10.7 Å². The third kappa shape index (κ3) is 4.40. The van der Waals surface area contributed by atoms with E-state index in [4.69, 9.17) is 10.7 Å². The predicted molar refractivity (Wildman–Crippen MR) is 116 cm³/mol. The molecule has 2 aliphatic rings. The number of fused-ring (bicyclic) bond motifs is 3. The molecule has 140 valence electrons. The van der Waals surface area contributed by atoms with Crippen LogP contribution < -0.4 is 0 Å². The van der Waals surface area contributed by atoms with Crippen LogP contribution in [0, 0.1) is 16.7 Å². The summed E-state index contributed by atoms with van der Waals surface area (Å²) in [5, 5.41) is 17.9. The van der Waals surface area contributed by atoms with Crippen molar-refractivity contribution in [2.45, 2.75) is 39.0 Å². The molecule has 4 nitrogen and oxygen atoms in total. The van der Waals surface area contributed by atoms with Gasteiger partial charge in [0.2, 0.25) is 0 Å². The first-order valence-corrected chi connectivity index (χ1v) is 10.3. The van der Waals surface area contributed by atoms with Crippen molar-refractivity contribution in [1.82, 2.24) is 4.90 Å². The van der Waals surface area contributed by atoms with Gasteiger partial charge in [-0.05, 0) is 41.8 Å². The molecule has 4 rings (SSSR count). The number of benzene rings is 2. The Hall–Kier alpha value is -2.58. The van der Waals surface area contributed by atoms with E-state index in [1.165, 1.54) is 11.8 Å². The highest BCUT2D eigenvalue weighted by molar-refractivity contribution is 8.14. The van der Waals surface area contributed by atoms with Crippen molar-refractivity contribution in [3.63, 3.8) is 0 Å². The highest BCUT2D eigenvalue weighted by Gasteiger charge is 2.29. The molecule has 2 aromatic rings. The summed E-state index contributed by atoms with van der Waals surface area (Å²) in [5.41, 5.74) is 3.84. The van der Waals surface area contributed by atoms with Crippen molar-refractivity contribution in [3.8, 4) is 17.2 Å². The maximum absolute atomic E-state index is 9.06. The molecule has 0 saturated carbocycles. The van der Waals surface area contributed by atoms with Gasteiger partial charge in [0.25, 0.3) is 0 Å². The predicted octanol–water partition coefficient (Wildman–Crippen LogP) is 5.77. The topological polar surface area (TPSA) is 63.2 Å². The Morgan fingerprint density at radius 2 is 1.81 bits per heavy atom. The zero-order valence-electron chi connectivity index (χ0n) is 16.4. The standard InChI is InChI=1S/C18H14N4S.2C2H6/c19-11-12-3-1-4-13(9-12)14-5-6-15-16(10-14)23-18(20)22-8-2-7-21-17(15)22;2*1-2/h1,3-6,9-10,20H,2,7-8H2;2*1-2H3. The SMILES string of the molecule is CC.CC.N#Cc1cccc(-c2ccc3c(c2)SC(=N)N2CCCN=C32)c1. The van der Waals surface area contributed by atoms with Crippen LogP contribution in [0.3, 0.4) is 0 Å². The fourth-order valence-electron chi connectivity index (χ4n) is 2.93. The summed E-state index contributed by atoms with van der Waals surface area (Å²) in [5.74, 6) is 0.923. The van der Waals surface area contributed by atoms with Gasteiger partial charge in [-0.1, -0.05) is 57.7 Å². The lowest BCUT2D eigenvalue weighted by Crippen LogP contribution is -2.42. The van der Waals surface area contributed by atoms with Gasteiger partial charge < -0.3 is 4.90 Å². The summed E-state index contributed by atoms with van der Waals surface area (Å²) in [6, 6.07) is 16.0. The van der Waals surface area contributed by atoms with Crippen molar-refractivity contribution in [2.75, 3.05) is 13.1 Å². The molecule has 5 heteroatoms. The molecule has 0 aromatic heterocycles. The second-order valence-corrected chi connectivity index (χ2v) is 6.55. The number of nitriles is 1. The lowest BCUT2D eigenvalue weighted by Gasteiger charge is -2.34. The molecule has 0 saturated heterocycles. The smallest absolute Gasteiger partial charge is 0.166 e. The van der Waals surface area contributed by atoms with Crippen LogP contribution in [0.1, 0.15) is 45.2 Å². The summed E-state index contributed by atoms with van der Waals surface area (Å²) >= 11 is 1.48. The van der Waals surface area contributed by atoms with Crippen LogP contribution in [-0.2, 0) is 0 Å². The van der Waals surface area contributed by atoms with Crippen molar-refractivity contribution < 1.29 is 0 Å². The van der Waals surface area contributed by atoms with Gasteiger partial charge in [0.15, 0.2) is 5.17 Å². The normalized spacial score (nSPS) is 14.3. The highest BCUT2D eigenvalue weighted by Crippen LogP contribution is 2.36. The molecule has 2 aromatic carbocycles. The quantitative estimate of drug-likeness (QED) is 0.685. The molecule has 0 bridgehead atoms. The Balaban J connectivity index is 0.000000614. The second-order valence-electron chi connectivity index (χ2n) is 5.52. The van der Waals surface area contributed by atoms with Gasteiger partial charge in [0.05, 0.1) is 11.6 Å². The van der Waals surface area contributed by atoms with Crippen molar-refractivity contribution >= 4 is 22.8 Å². The number of aliphatic imine (C=N–C) groups is 1. The molecular formula is C22H26N4S. The Kier molecular flexibility index (Phi) is 7.63. The Labute approximate surface area is 166 Å². The Bertz CT molecular complexity index is 880. The molecule has 0 radical (unpaired) electrons. The molecule has 0 fully saturated rings. The highest BCUT2D eigenvalue weighted by atomic mass is 32.2. The number of thioether (sulfide) groups is 1. The van der Waals surface area contributed by atoms with Gasteiger partial charge in [0, 0.05) is 23.5 Å². The molecule has 2 aliphatic heterocycles. The molecule has 0 atom stereocenters. The van der Waals surface area contributed by atoms with Crippen LogP contribution >= 0.6 is 11.8 Å². The first kappa shape index (κ1) is 20.7. The number of nitrogens with one attached hydrogen (secondary N) is 1. The average Bonchev–Trinajstić information content (AvgIpc) is 2.76. The van der Waals surface area contributed by atoms with Crippen LogP contribution in [0.25, 0.3) is 11.1 Å². The maximum atomic E-state index is 9.06. The van der Waals surface area contributed by atoms with Gasteiger partial charge >= 0.3 is 0 Å². The van der Waals surface area contributed by atoms with Crippen LogP contribution in [0.2, 0.25) is 0 Å². The summed E-state index contributed by atoms with van der Waals surface area (Å²) < 4.78 is 0.